The number of hydrogen-bond acceptors (Lipinski definition) is 2. The van der Waals surface area contributed by atoms with Crippen molar-refractivity contribution in [3.63, 3.8) is 0 Å². The van der Waals surface area contributed by atoms with Gasteiger partial charge in [-0.1, -0.05) is 29.8 Å². The predicted octanol–water partition coefficient (Wildman–Crippen LogP) is 4.05. The average molecular weight is 277 g/mol. The van der Waals surface area contributed by atoms with Crippen molar-refractivity contribution >= 4 is 5.82 Å². The largest absolute Gasteiger partial charge is 0.384 e. The van der Waals surface area contributed by atoms with Gasteiger partial charge >= 0.3 is 0 Å². The monoisotopic (exact) mass is 277 g/mol. The van der Waals surface area contributed by atoms with Crippen LogP contribution in [0.15, 0.2) is 48.5 Å². The predicted molar refractivity (Wildman–Crippen MR) is 87.6 cm³/mol. The van der Waals surface area contributed by atoms with Crippen molar-refractivity contribution in [1.82, 2.24) is 9.78 Å². The van der Waals surface area contributed by atoms with Crippen molar-refractivity contribution < 1.29 is 0 Å². The molecule has 0 fully saturated rings. The highest BCUT2D eigenvalue weighted by Gasteiger charge is 2.09. The molecule has 0 radical (unpaired) electrons. The lowest BCUT2D eigenvalue weighted by Gasteiger charge is -2.06. The number of rotatable bonds is 2. The molecule has 0 aliphatic carbocycles. The lowest BCUT2D eigenvalue weighted by atomic mass is 10.1. The van der Waals surface area contributed by atoms with Crippen LogP contribution in [0.4, 0.5) is 5.82 Å². The number of benzene rings is 2. The molecule has 0 atom stereocenters. The molecule has 21 heavy (non-hydrogen) atoms. The van der Waals surface area contributed by atoms with E-state index in [1.165, 1.54) is 16.7 Å². The van der Waals surface area contributed by atoms with E-state index in [-0.39, 0.29) is 0 Å². The van der Waals surface area contributed by atoms with Crippen LogP contribution in [0.1, 0.15) is 16.7 Å². The van der Waals surface area contributed by atoms with Crippen molar-refractivity contribution in [1.29, 1.82) is 0 Å². The Bertz CT molecular complexity index is 780. The first-order valence-corrected chi connectivity index (χ1v) is 7.04. The molecule has 1 aromatic heterocycles. The lowest BCUT2D eigenvalue weighted by molar-refractivity contribution is 0.892. The van der Waals surface area contributed by atoms with Crippen LogP contribution in [0.2, 0.25) is 0 Å². The summed E-state index contributed by atoms with van der Waals surface area (Å²) in [4.78, 5) is 0. The first kappa shape index (κ1) is 13.4. The number of nitrogens with two attached hydrogens (primary N) is 1. The Hall–Kier alpha value is -2.55. The lowest BCUT2D eigenvalue weighted by Crippen LogP contribution is -2.02. The van der Waals surface area contributed by atoms with Gasteiger partial charge in [-0.3, -0.25) is 0 Å². The Morgan fingerprint density at radius 2 is 1.57 bits per heavy atom. The number of hydrogen-bond donors (Lipinski definition) is 1. The van der Waals surface area contributed by atoms with Gasteiger partial charge in [0.1, 0.15) is 5.82 Å². The van der Waals surface area contributed by atoms with E-state index in [0.717, 1.165) is 16.9 Å². The zero-order chi connectivity index (χ0) is 15.0. The molecular weight excluding hydrogens is 258 g/mol. The molecule has 2 N–H and O–H groups in total. The quantitative estimate of drug-likeness (QED) is 0.768. The number of aryl methyl sites for hydroxylation is 3. The van der Waals surface area contributed by atoms with Crippen LogP contribution < -0.4 is 5.73 Å². The average Bonchev–Trinajstić information content (AvgIpc) is 2.80. The third kappa shape index (κ3) is 2.68. The molecule has 106 valence electrons. The van der Waals surface area contributed by atoms with E-state index in [1.54, 1.807) is 4.68 Å². The van der Waals surface area contributed by atoms with Gasteiger partial charge in [0.05, 0.1) is 11.4 Å². The second-order valence-corrected chi connectivity index (χ2v) is 5.58. The summed E-state index contributed by atoms with van der Waals surface area (Å²) < 4.78 is 1.80. The topological polar surface area (TPSA) is 43.8 Å². The Morgan fingerprint density at radius 1 is 0.857 bits per heavy atom. The van der Waals surface area contributed by atoms with Gasteiger partial charge in [-0.15, -0.1) is 0 Å². The molecule has 0 amide bonds. The van der Waals surface area contributed by atoms with Gasteiger partial charge in [0.2, 0.25) is 0 Å². The van der Waals surface area contributed by atoms with Crippen molar-refractivity contribution in [2.45, 2.75) is 20.8 Å². The van der Waals surface area contributed by atoms with E-state index >= 15 is 0 Å². The number of aromatic nitrogens is 2. The fourth-order valence-electron chi connectivity index (χ4n) is 2.62. The molecule has 0 spiro atoms. The normalized spacial score (nSPS) is 10.8. The number of anilines is 1. The Labute approximate surface area is 125 Å². The second-order valence-electron chi connectivity index (χ2n) is 5.58. The smallest absolute Gasteiger partial charge is 0.127 e. The molecule has 0 aliphatic rings. The number of nitrogen functional groups attached to an aromatic ring is 1. The van der Waals surface area contributed by atoms with Gasteiger partial charge in [-0.05, 0) is 50.1 Å². The molecule has 3 heteroatoms. The molecule has 2 aromatic carbocycles. The van der Waals surface area contributed by atoms with E-state index in [1.807, 2.05) is 12.1 Å². The molecular formula is C18H19N3. The van der Waals surface area contributed by atoms with Gasteiger partial charge in [-0.25, -0.2) is 4.68 Å². The van der Waals surface area contributed by atoms with Gasteiger partial charge < -0.3 is 5.73 Å². The van der Waals surface area contributed by atoms with Crippen molar-refractivity contribution in [2.75, 3.05) is 5.73 Å². The van der Waals surface area contributed by atoms with E-state index in [9.17, 15) is 0 Å². The van der Waals surface area contributed by atoms with E-state index < -0.39 is 0 Å². The molecule has 0 unspecified atom stereocenters. The maximum atomic E-state index is 6.15. The first-order chi connectivity index (χ1) is 10.0. The fourth-order valence-corrected chi connectivity index (χ4v) is 2.62. The van der Waals surface area contributed by atoms with Gasteiger partial charge in [-0.2, -0.15) is 5.10 Å². The van der Waals surface area contributed by atoms with E-state index in [0.29, 0.717) is 5.82 Å². The molecule has 0 saturated carbocycles. The fraction of sp³-hybridized carbons (Fsp3) is 0.167. The second kappa shape index (κ2) is 5.09. The van der Waals surface area contributed by atoms with Crippen LogP contribution in [-0.2, 0) is 0 Å². The highest BCUT2D eigenvalue weighted by atomic mass is 15.3. The molecule has 0 aliphatic heterocycles. The number of nitrogens with zero attached hydrogens (tertiary/aromatic N) is 2. The maximum absolute atomic E-state index is 6.15. The molecule has 3 aromatic rings. The summed E-state index contributed by atoms with van der Waals surface area (Å²) in [6.45, 7) is 6.24. The summed E-state index contributed by atoms with van der Waals surface area (Å²) in [5, 5.41) is 4.67. The maximum Gasteiger partial charge on any atom is 0.127 e. The summed E-state index contributed by atoms with van der Waals surface area (Å²) >= 11 is 0. The van der Waals surface area contributed by atoms with E-state index in [2.05, 4.69) is 62.3 Å². The molecule has 1 heterocycles. The zero-order valence-corrected chi connectivity index (χ0v) is 12.6. The van der Waals surface area contributed by atoms with Crippen LogP contribution in [0, 0.1) is 20.8 Å². The van der Waals surface area contributed by atoms with Crippen LogP contribution >= 0.6 is 0 Å². The molecule has 0 bridgehead atoms. The minimum Gasteiger partial charge on any atom is -0.384 e. The summed E-state index contributed by atoms with van der Waals surface area (Å²) in [5.74, 6) is 0.650. The molecule has 3 rings (SSSR count). The van der Waals surface area contributed by atoms with Crippen molar-refractivity contribution in [3.8, 4) is 16.9 Å². The van der Waals surface area contributed by atoms with Crippen LogP contribution in [-0.4, -0.2) is 9.78 Å². The molecule has 0 saturated heterocycles. The van der Waals surface area contributed by atoms with Gasteiger partial charge in [0.15, 0.2) is 0 Å². The van der Waals surface area contributed by atoms with Crippen LogP contribution in [0.25, 0.3) is 16.9 Å². The molecule has 3 nitrogen and oxygen atoms in total. The minimum absolute atomic E-state index is 0.650. The van der Waals surface area contributed by atoms with Crippen molar-refractivity contribution in [2.24, 2.45) is 0 Å². The Morgan fingerprint density at radius 3 is 2.24 bits per heavy atom. The summed E-state index contributed by atoms with van der Waals surface area (Å²) in [7, 11) is 0. The minimum atomic E-state index is 0.650. The van der Waals surface area contributed by atoms with Crippen molar-refractivity contribution in [3.05, 3.63) is 65.2 Å². The Kier molecular flexibility index (Phi) is 3.26. The van der Waals surface area contributed by atoms with Crippen LogP contribution in [0.5, 0.6) is 0 Å². The first-order valence-electron chi connectivity index (χ1n) is 7.04. The van der Waals surface area contributed by atoms with E-state index in [4.69, 9.17) is 5.73 Å². The van der Waals surface area contributed by atoms with Gasteiger partial charge in [0, 0.05) is 11.6 Å². The third-order valence-electron chi connectivity index (χ3n) is 3.50. The summed E-state index contributed by atoms with van der Waals surface area (Å²) in [5.41, 5.74) is 12.8. The standard InChI is InChI=1S/C18H19N3/c1-12-5-4-6-15(8-12)17-11-18(19)21(20-17)16-9-13(2)7-14(3)10-16/h4-11H,19H2,1-3H3. The highest BCUT2D eigenvalue weighted by Crippen LogP contribution is 2.24. The zero-order valence-electron chi connectivity index (χ0n) is 12.6. The summed E-state index contributed by atoms with van der Waals surface area (Å²) in [6, 6.07) is 16.5. The summed E-state index contributed by atoms with van der Waals surface area (Å²) in [6.07, 6.45) is 0. The SMILES string of the molecule is Cc1cccc(-c2cc(N)n(-c3cc(C)cc(C)c3)n2)c1. The third-order valence-corrected chi connectivity index (χ3v) is 3.50. The Balaban J connectivity index is 2.09. The van der Waals surface area contributed by atoms with Crippen LogP contribution in [0.3, 0.4) is 0 Å². The van der Waals surface area contributed by atoms with Gasteiger partial charge in [0.25, 0.3) is 0 Å². The highest BCUT2D eigenvalue weighted by molar-refractivity contribution is 5.64.